The first kappa shape index (κ1) is 8.39. The molecule has 1 aromatic rings. The molecule has 4 heteroatoms. The summed E-state index contributed by atoms with van der Waals surface area (Å²) in [5.41, 5.74) is 0.403. The number of carboxylic acid groups (broad SMARTS) is 1. The molecule has 0 amide bonds. The first-order valence-electron chi connectivity index (χ1n) is 3.37. The molecule has 1 rings (SSSR count). The van der Waals surface area contributed by atoms with E-state index in [9.17, 15) is 4.79 Å². The largest absolute Gasteiger partial charge is 0.481 e. The maximum absolute atomic E-state index is 10.6. The Morgan fingerprint density at radius 3 is 2.83 bits per heavy atom. The predicted molar refractivity (Wildman–Crippen MR) is 42.6 cm³/mol. The third-order valence-corrected chi connectivity index (χ3v) is 1.40. The van der Waals surface area contributed by atoms with Crippen LogP contribution in [0.3, 0.4) is 0 Å². The first-order chi connectivity index (χ1) is 5.75. The van der Waals surface area contributed by atoms with Crippen molar-refractivity contribution in [2.24, 2.45) is 0 Å². The summed E-state index contributed by atoms with van der Waals surface area (Å²) in [7, 11) is 0. The summed E-state index contributed by atoms with van der Waals surface area (Å²) in [5, 5.41) is 8.69. The molecule has 0 aliphatic heterocycles. The van der Waals surface area contributed by atoms with Crippen LogP contribution >= 0.6 is 0 Å². The summed E-state index contributed by atoms with van der Waals surface area (Å²) in [6.07, 6.45) is 5.69. The number of nitrogens with zero attached hydrogens (tertiary/aromatic N) is 2. The molecule has 0 saturated heterocycles. The van der Waals surface area contributed by atoms with Crippen LogP contribution in [0, 0.1) is 0 Å². The Bertz CT molecular complexity index is 284. The molecular weight excluding hydrogens is 156 g/mol. The zero-order valence-electron chi connectivity index (χ0n) is 6.34. The Hall–Kier alpha value is -1.71. The van der Waals surface area contributed by atoms with Crippen LogP contribution in [0.15, 0.2) is 31.2 Å². The van der Waals surface area contributed by atoms with E-state index >= 15 is 0 Å². The molecule has 0 bridgehead atoms. The Balaban J connectivity index is 2.95. The number of carboxylic acids is 1. The second-order valence-corrected chi connectivity index (χ2v) is 2.18. The second-order valence-electron chi connectivity index (χ2n) is 2.18. The zero-order valence-corrected chi connectivity index (χ0v) is 6.34. The highest BCUT2D eigenvalue weighted by atomic mass is 16.4. The van der Waals surface area contributed by atoms with Gasteiger partial charge < -0.3 is 5.11 Å². The van der Waals surface area contributed by atoms with Gasteiger partial charge in [0, 0.05) is 18.6 Å². The smallest absolute Gasteiger partial charge is 0.316 e. The van der Waals surface area contributed by atoms with E-state index in [1.165, 1.54) is 24.7 Å². The van der Waals surface area contributed by atoms with Gasteiger partial charge in [0.05, 0.1) is 5.69 Å². The van der Waals surface area contributed by atoms with Crippen molar-refractivity contribution in [1.29, 1.82) is 0 Å². The Morgan fingerprint density at radius 2 is 2.42 bits per heavy atom. The molecule has 1 heterocycles. The van der Waals surface area contributed by atoms with Crippen LogP contribution in [0.5, 0.6) is 0 Å². The fourth-order valence-electron chi connectivity index (χ4n) is 0.819. The van der Waals surface area contributed by atoms with Gasteiger partial charge in [-0.1, -0.05) is 6.08 Å². The highest BCUT2D eigenvalue weighted by molar-refractivity contribution is 5.77. The van der Waals surface area contributed by atoms with Gasteiger partial charge in [0.15, 0.2) is 0 Å². The lowest BCUT2D eigenvalue weighted by molar-refractivity contribution is -0.137. The van der Waals surface area contributed by atoms with Gasteiger partial charge in [0.1, 0.15) is 5.92 Å². The molecule has 62 valence electrons. The van der Waals surface area contributed by atoms with Crippen molar-refractivity contribution >= 4 is 5.97 Å². The molecule has 1 aromatic heterocycles. The number of aromatic nitrogens is 2. The first-order valence-corrected chi connectivity index (χ1v) is 3.37. The predicted octanol–water partition coefficient (Wildman–Crippen LogP) is 0.831. The fraction of sp³-hybridized carbons (Fsp3) is 0.125. The van der Waals surface area contributed by atoms with E-state index in [4.69, 9.17) is 5.11 Å². The van der Waals surface area contributed by atoms with Crippen molar-refractivity contribution in [3.8, 4) is 0 Å². The number of rotatable bonds is 3. The molecule has 0 fully saturated rings. The van der Waals surface area contributed by atoms with E-state index in [1.807, 2.05) is 0 Å². The van der Waals surface area contributed by atoms with Crippen molar-refractivity contribution in [1.82, 2.24) is 9.97 Å². The lowest BCUT2D eigenvalue weighted by Crippen LogP contribution is -2.10. The van der Waals surface area contributed by atoms with Gasteiger partial charge in [-0.25, -0.2) is 0 Å². The summed E-state index contributed by atoms with van der Waals surface area (Å²) >= 11 is 0. The SMILES string of the molecule is C=CC(C(=O)O)c1cnccn1. The maximum atomic E-state index is 10.6. The van der Waals surface area contributed by atoms with Crippen molar-refractivity contribution in [2.45, 2.75) is 5.92 Å². The monoisotopic (exact) mass is 164 g/mol. The lowest BCUT2D eigenvalue weighted by Gasteiger charge is -2.03. The van der Waals surface area contributed by atoms with Gasteiger partial charge in [-0.05, 0) is 0 Å². The molecule has 1 unspecified atom stereocenters. The summed E-state index contributed by atoms with van der Waals surface area (Å²) in [6, 6.07) is 0. The van der Waals surface area contributed by atoms with E-state index in [0.717, 1.165) is 0 Å². The Kier molecular flexibility index (Phi) is 2.53. The van der Waals surface area contributed by atoms with E-state index in [-0.39, 0.29) is 0 Å². The van der Waals surface area contributed by atoms with Gasteiger partial charge in [-0.3, -0.25) is 14.8 Å². The van der Waals surface area contributed by atoms with Gasteiger partial charge in [0.25, 0.3) is 0 Å². The highest BCUT2D eigenvalue weighted by Gasteiger charge is 2.16. The van der Waals surface area contributed by atoms with E-state index in [2.05, 4.69) is 16.5 Å². The standard InChI is InChI=1S/C8H8N2O2/c1-2-6(8(11)12)7-5-9-3-4-10-7/h2-6H,1H2,(H,11,12). The third kappa shape index (κ3) is 1.66. The quantitative estimate of drug-likeness (QED) is 0.672. The molecule has 0 radical (unpaired) electrons. The topological polar surface area (TPSA) is 63.1 Å². The normalized spacial score (nSPS) is 12.0. The third-order valence-electron chi connectivity index (χ3n) is 1.40. The highest BCUT2D eigenvalue weighted by Crippen LogP contribution is 2.12. The Morgan fingerprint density at radius 1 is 1.67 bits per heavy atom. The molecular formula is C8H8N2O2. The molecule has 0 aliphatic carbocycles. The van der Waals surface area contributed by atoms with Crippen LogP contribution in [0.4, 0.5) is 0 Å². The summed E-state index contributed by atoms with van der Waals surface area (Å²) < 4.78 is 0. The van der Waals surface area contributed by atoms with Gasteiger partial charge in [-0.2, -0.15) is 0 Å². The molecule has 0 spiro atoms. The number of hydrogen-bond donors (Lipinski definition) is 1. The second kappa shape index (κ2) is 3.61. The van der Waals surface area contributed by atoms with Crippen molar-refractivity contribution in [3.05, 3.63) is 36.9 Å². The minimum absolute atomic E-state index is 0.403. The van der Waals surface area contributed by atoms with E-state index < -0.39 is 11.9 Å². The minimum atomic E-state index is -0.967. The zero-order chi connectivity index (χ0) is 8.97. The van der Waals surface area contributed by atoms with Crippen molar-refractivity contribution in [3.63, 3.8) is 0 Å². The Labute approximate surface area is 69.6 Å². The van der Waals surface area contributed by atoms with Crippen LogP contribution in [0.1, 0.15) is 11.6 Å². The van der Waals surface area contributed by atoms with Gasteiger partial charge in [0.2, 0.25) is 0 Å². The van der Waals surface area contributed by atoms with E-state index in [1.54, 1.807) is 0 Å². The molecule has 1 atom stereocenters. The van der Waals surface area contributed by atoms with Crippen LogP contribution in [0.25, 0.3) is 0 Å². The lowest BCUT2D eigenvalue weighted by atomic mass is 10.1. The molecule has 1 N–H and O–H groups in total. The molecule has 0 aliphatic rings. The van der Waals surface area contributed by atoms with Crippen LogP contribution < -0.4 is 0 Å². The van der Waals surface area contributed by atoms with E-state index in [0.29, 0.717) is 5.69 Å². The van der Waals surface area contributed by atoms with Crippen molar-refractivity contribution < 1.29 is 9.90 Å². The van der Waals surface area contributed by atoms with Crippen LogP contribution in [-0.4, -0.2) is 21.0 Å². The molecule has 0 aromatic carbocycles. The molecule has 0 saturated carbocycles. The maximum Gasteiger partial charge on any atom is 0.316 e. The summed E-state index contributed by atoms with van der Waals surface area (Å²) in [4.78, 5) is 18.2. The fourth-order valence-corrected chi connectivity index (χ4v) is 0.819. The van der Waals surface area contributed by atoms with Crippen LogP contribution in [0.2, 0.25) is 0 Å². The molecule has 4 nitrogen and oxygen atoms in total. The van der Waals surface area contributed by atoms with Crippen molar-refractivity contribution in [2.75, 3.05) is 0 Å². The van der Waals surface area contributed by atoms with Crippen LogP contribution in [-0.2, 0) is 4.79 Å². The number of carbonyl (C=O) groups is 1. The van der Waals surface area contributed by atoms with Gasteiger partial charge >= 0.3 is 5.97 Å². The average Bonchev–Trinajstić information content (AvgIpc) is 2.07. The average molecular weight is 164 g/mol. The summed E-state index contributed by atoms with van der Waals surface area (Å²) in [6.45, 7) is 3.41. The number of aliphatic carboxylic acids is 1. The summed E-state index contributed by atoms with van der Waals surface area (Å²) in [5.74, 6) is -1.73. The van der Waals surface area contributed by atoms with Gasteiger partial charge in [-0.15, -0.1) is 6.58 Å². The molecule has 12 heavy (non-hydrogen) atoms. The number of hydrogen-bond acceptors (Lipinski definition) is 3. The minimum Gasteiger partial charge on any atom is -0.481 e.